The molecule has 0 unspecified atom stereocenters. The Kier molecular flexibility index (Phi) is 6.61. The van der Waals surface area contributed by atoms with Gasteiger partial charge in [0.2, 0.25) is 0 Å². The molecule has 1 heteroatoms. The molecule has 60 valence electrons. The van der Waals surface area contributed by atoms with E-state index in [2.05, 4.69) is 19.9 Å². The predicted octanol–water partition coefficient (Wildman–Crippen LogP) is 2.77. The van der Waals surface area contributed by atoms with E-state index in [1.165, 1.54) is 12.8 Å². The lowest BCUT2D eigenvalue weighted by molar-refractivity contribution is 0.0949. The van der Waals surface area contributed by atoms with E-state index in [1.54, 1.807) is 0 Å². The number of rotatable bonds is 5. The molecule has 0 aromatic carbocycles. The highest BCUT2D eigenvalue weighted by Crippen LogP contribution is 1.95. The number of ether oxygens (including phenoxy) is 1. The van der Waals surface area contributed by atoms with E-state index < -0.39 is 0 Å². The maximum Gasteiger partial charge on any atom is 0.0727 e. The molecule has 0 amide bonds. The molecule has 0 aliphatic carbocycles. The average Bonchev–Trinajstić information content (AvgIpc) is 1.89. The zero-order chi connectivity index (χ0) is 7.82. The van der Waals surface area contributed by atoms with Crippen molar-refractivity contribution in [3.63, 3.8) is 0 Å². The van der Waals surface area contributed by atoms with Crippen molar-refractivity contribution in [2.75, 3.05) is 6.61 Å². The van der Waals surface area contributed by atoms with Crippen LogP contribution >= 0.6 is 0 Å². The van der Waals surface area contributed by atoms with E-state index in [4.69, 9.17) is 4.74 Å². The molecule has 10 heavy (non-hydrogen) atoms. The van der Waals surface area contributed by atoms with Crippen molar-refractivity contribution >= 4 is 0 Å². The fourth-order valence-electron chi connectivity index (χ4n) is 0.740. The zero-order valence-corrected chi connectivity index (χ0v) is 7.26. The lowest BCUT2D eigenvalue weighted by Gasteiger charge is -2.06. The average molecular weight is 142 g/mol. The summed E-state index contributed by atoms with van der Waals surface area (Å²) < 4.78 is 5.44. The predicted molar refractivity (Wildman–Crippen MR) is 45.1 cm³/mol. The quantitative estimate of drug-likeness (QED) is 0.423. The van der Waals surface area contributed by atoms with Crippen LogP contribution < -0.4 is 0 Å². The number of hydrogen-bond donors (Lipinski definition) is 0. The van der Waals surface area contributed by atoms with Crippen molar-refractivity contribution in [3.05, 3.63) is 12.2 Å². The van der Waals surface area contributed by atoms with Crippen LogP contribution in [0.1, 0.15) is 33.6 Å². The van der Waals surface area contributed by atoms with Crippen molar-refractivity contribution < 1.29 is 4.74 Å². The monoisotopic (exact) mass is 142 g/mol. The van der Waals surface area contributed by atoms with Crippen LogP contribution in [0.25, 0.3) is 0 Å². The summed E-state index contributed by atoms with van der Waals surface area (Å²) in [6.45, 7) is 7.14. The van der Waals surface area contributed by atoms with Crippen LogP contribution in [0.4, 0.5) is 0 Å². The number of hydrogen-bond acceptors (Lipinski definition) is 1. The van der Waals surface area contributed by atoms with Gasteiger partial charge in [0.1, 0.15) is 0 Å². The van der Waals surface area contributed by atoms with Gasteiger partial charge in [-0.3, -0.25) is 0 Å². The summed E-state index contributed by atoms with van der Waals surface area (Å²) in [5.41, 5.74) is 0. The third-order valence-corrected chi connectivity index (χ3v) is 1.34. The molecule has 0 spiro atoms. The van der Waals surface area contributed by atoms with Crippen molar-refractivity contribution in [1.82, 2.24) is 0 Å². The van der Waals surface area contributed by atoms with E-state index in [-0.39, 0.29) is 6.10 Å². The minimum Gasteiger partial charge on any atom is -0.374 e. The van der Waals surface area contributed by atoms with Gasteiger partial charge in [0.25, 0.3) is 0 Å². The van der Waals surface area contributed by atoms with E-state index in [1.807, 2.05) is 13.0 Å². The highest BCUT2D eigenvalue weighted by molar-refractivity contribution is 4.83. The first-order valence-corrected chi connectivity index (χ1v) is 4.05. The summed E-state index contributed by atoms with van der Waals surface area (Å²) in [6.07, 6.45) is 6.76. The molecule has 0 aromatic heterocycles. The van der Waals surface area contributed by atoms with Gasteiger partial charge in [-0.2, -0.15) is 0 Å². The van der Waals surface area contributed by atoms with Gasteiger partial charge in [0, 0.05) is 6.61 Å². The van der Waals surface area contributed by atoms with Gasteiger partial charge in [0.15, 0.2) is 0 Å². The van der Waals surface area contributed by atoms with E-state index in [0.717, 1.165) is 6.61 Å². The molecule has 0 saturated carbocycles. The summed E-state index contributed by atoms with van der Waals surface area (Å²) in [7, 11) is 0. The second kappa shape index (κ2) is 6.81. The summed E-state index contributed by atoms with van der Waals surface area (Å²) in [5, 5.41) is 0. The van der Waals surface area contributed by atoms with Gasteiger partial charge in [-0.1, -0.05) is 25.5 Å². The largest absolute Gasteiger partial charge is 0.374 e. The van der Waals surface area contributed by atoms with Crippen LogP contribution in [-0.4, -0.2) is 12.7 Å². The lowest BCUT2D eigenvalue weighted by atomic mass is 10.3. The van der Waals surface area contributed by atoms with Crippen molar-refractivity contribution in [1.29, 1.82) is 0 Å². The first kappa shape index (κ1) is 9.70. The second-order valence-electron chi connectivity index (χ2n) is 2.46. The molecule has 0 saturated heterocycles. The topological polar surface area (TPSA) is 9.23 Å². The van der Waals surface area contributed by atoms with Gasteiger partial charge in [-0.15, -0.1) is 0 Å². The molecule has 0 heterocycles. The molecule has 0 radical (unpaired) electrons. The lowest BCUT2D eigenvalue weighted by Crippen LogP contribution is -2.05. The van der Waals surface area contributed by atoms with Crippen LogP contribution in [0, 0.1) is 0 Å². The minimum atomic E-state index is 0.288. The summed E-state index contributed by atoms with van der Waals surface area (Å²) in [4.78, 5) is 0. The molecular formula is C9H18O. The Bertz CT molecular complexity index is 86.7. The third kappa shape index (κ3) is 5.83. The molecule has 0 aliphatic heterocycles. The Morgan fingerprint density at radius 2 is 2.20 bits per heavy atom. The fourth-order valence-corrected chi connectivity index (χ4v) is 0.740. The molecule has 0 N–H and O–H groups in total. The highest BCUT2D eigenvalue weighted by atomic mass is 16.5. The van der Waals surface area contributed by atoms with Crippen molar-refractivity contribution in [3.8, 4) is 0 Å². The van der Waals surface area contributed by atoms with Gasteiger partial charge in [-0.25, -0.2) is 0 Å². The summed E-state index contributed by atoms with van der Waals surface area (Å²) in [6, 6.07) is 0. The van der Waals surface area contributed by atoms with Crippen molar-refractivity contribution in [2.24, 2.45) is 0 Å². The molecule has 1 atom stereocenters. The fraction of sp³-hybridized carbons (Fsp3) is 0.778. The molecule has 0 aromatic rings. The molecule has 0 bridgehead atoms. The number of allylic oxidation sites excluding steroid dienone is 1. The van der Waals surface area contributed by atoms with E-state index in [9.17, 15) is 0 Å². The SMILES string of the molecule is C/C=C/[C@@H](C)OCCCC. The second-order valence-corrected chi connectivity index (χ2v) is 2.46. The Balaban J connectivity index is 3.13. The first-order valence-electron chi connectivity index (χ1n) is 4.05. The number of unbranched alkanes of at least 4 members (excludes halogenated alkanes) is 1. The molecule has 0 aliphatic rings. The van der Waals surface area contributed by atoms with Crippen molar-refractivity contribution in [2.45, 2.75) is 39.7 Å². The normalized spacial score (nSPS) is 14.3. The first-order chi connectivity index (χ1) is 4.81. The van der Waals surface area contributed by atoms with Gasteiger partial charge in [-0.05, 0) is 20.3 Å². The maximum atomic E-state index is 5.44. The van der Waals surface area contributed by atoms with E-state index in [0.29, 0.717) is 0 Å². The highest BCUT2D eigenvalue weighted by Gasteiger charge is 1.92. The van der Waals surface area contributed by atoms with E-state index >= 15 is 0 Å². The third-order valence-electron chi connectivity index (χ3n) is 1.34. The van der Waals surface area contributed by atoms with Gasteiger partial charge >= 0.3 is 0 Å². The van der Waals surface area contributed by atoms with Crippen LogP contribution in [0.3, 0.4) is 0 Å². The van der Waals surface area contributed by atoms with Crippen LogP contribution in [0.15, 0.2) is 12.2 Å². The summed E-state index contributed by atoms with van der Waals surface area (Å²) >= 11 is 0. The molecule has 0 rings (SSSR count). The van der Waals surface area contributed by atoms with Crippen LogP contribution in [-0.2, 0) is 4.74 Å². The van der Waals surface area contributed by atoms with Crippen LogP contribution in [0.2, 0.25) is 0 Å². The Morgan fingerprint density at radius 1 is 1.50 bits per heavy atom. The standard InChI is InChI=1S/C9H18O/c1-4-6-8-10-9(3)7-5-2/h5,7,9H,4,6,8H2,1-3H3/b7-5+/t9-/m1/s1. The zero-order valence-electron chi connectivity index (χ0n) is 7.26. The van der Waals surface area contributed by atoms with Gasteiger partial charge < -0.3 is 4.74 Å². The molecule has 0 fully saturated rings. The maximum absolute atomic E-state index is 5.44. The minimum absolute atomic E-state index is 0.288. The summed E-state index contributed by atoms with van der Waals surface area (Å²) in [5.74, 6) is 0. The molecular weight excluding hydrogens is 124 g/mol. The Hall–Kier alpha value is -0.300. The van der Waals surface area contributed by atoms with Gasteiger partial charge in [0.05, 0.1) is 6.10 Å². The Labute approximate surface area is 64.1 Å². The van der Waals surface area contributed by atoms with Crippen LogP contribution in [0.5, 0.6) is 0 Å². The molecule has 1 nitrogen and oxygen atoms in total. The smallest absolute Gasteiger partial charge is 0.0727 e. The Morgan fingerprint density at radius 3 is 2.70 bits per heavy atom.